The minimum atomic E-state index is -0.103. The van der Waals surface area contributed by atoms with E-state index in [-0.39, 0.29) is 18.7 Å². The van der Waals surface area contributed by atoms with E-state index in [1.807, 2.05) is 18.2 Å². The summed E-state index contributed by atoms with van der Waals surface area (Å²) in [5.41, 5.74) is 4.44. The number of anilines is 1. The van der Waals surface area contributed by atoms with Crippen LogP contribution < -0.4 is 15.2 Å². The Morgan fingerprint density at radius 3 is 2.74 bits per heavy atom. The van der Waals surface area contributed by atoms with E-state index < -0.39 is 0 Å². The molecule has 7 nitrogen and oxygen atoms in total. The zero-order valence-electron chi connectivity index (χ0n) is 17.7. The van der Waals surface area contributed by atoms with Crippen molar-refractivity contribution >= 4 is 16.6 Å². The fourth-order valence-corrected chi connectivity index (χ4v) is 4.52. The van der Waals surface area contributed by atoms with Crippen LogP contribution in [-0.2, 0) is 19.4 Å². The molecule has 31 heavy (non-hydrogen) atoms. The predicted molar refractivity (Wildman–Crippen MR) is 121 cm³/mol. The van der Waals surface area contributed by atoms with Crippen molar-refractivity contribution in [2.45, 2.75) is 19.4 Å². The molecule has 7 heteroatoms. The molecule has 3 aromatic rings. The van der Waals surface area contributed by atoms with Crippen molar-refractivity contribution in [1.82, 2.24) is 14.5 Å². The predicted octanol–water partition coefficient (Wildman–Crippen LogP) is 1.69. The fourth-order valence-electron chi connectivity index (χ4n) is 4.52. The van der Waals surface area contributed by atoms with Gasteiger partial charge in [-0.05, 0) is 41.8 Å². The number of aromatic nitrogens is 2. The molecule has 0 spiro atoms. The number of fused-ring (bicyclic) bond motifs is 2. The van der Waals surface area contributed by atoms with Crippen LogP contribution in [0.15, 0.2) is 47.5 Å². The van der Waals surface area contributed by atoms with E-state index >= 15 is 0 Å². The summed E-state index contributed by atoms with van der Waals surface area (Å²) in [6, 6.07) is 12.5. The van der Waals surface area contributed by atoms with Crippen LogP contribution in [0.25, 0.3) is 10.9 Å². The number of hydrogen-bond acceptors (Lipinski definition) is 6. The third kappa shape index (κ3) is 4.16. The molecule has 0 amide bonds. The Balaban J connectivity index is 1.19. The second-order valence-corrected chi connectivity index (χ2v) is 8.29. The molecule has 1 aromatic heterocycles. The smallest absolute Gasteiger partial charge is 0.261 e. The lowest BCUT2D eigenvalue weighted by atomic mass is 10.1. The van der Waals surface area contributed by atoms with Crippen molar-refractivity contribution in [3.63, 3.8) is 0 Å². The summed E-state index contributed by atoms with van der Waals surface area (Å²) in [4.78, 5) is 21.8. The molecule has 2 aromatic carbocycles. The van der Waals surface area contributed by atoms with E-state index in [0.717, 1.165) is 63.6 Å². The molecular formula is C24H28N4O3. The normalized spacial score (nSPS) is 16.5. The van der Waals surface area contributed by atoms with Crippen LogP contribution in [0.1, 0.15) is 11.1 Å². The van der Waals surface area contributed by atoms with E-state index in [1.165, 1.54) is 22.0 Å². The molecule has 0 unspecified atom stereocenters. The Bertz CT molecular complexity index is 1140. The molecule has 5 rings (SSSR count). The van der Waals surface area contributed by atoms with Crippen LogP contribution in [0.2, 0.25) is 0 Å². The molecule has 1 N–H and O–H groups in total. The topological polar surface area (TPSA) is 70.8 Å². The Kier molecular flexibility index (Phi) is 5.61. The van der Waals surface area contributed by atoms with Gasteiger partial charge in [-0.1, -0.05) is 12.1 Å². The molecule has 2 aliphatic rings. The maximum atomic E-state index is 12.5. The third-order valence-electron chi connectivity index (χ3n) is 6.36. The summed E-state index contributed by atoms with van der Waals surface area (Å²) in [5.74, 6) is 1.05. The standard InChI is InChI=1S/C24H28N4O3/c29-13-12-28-17-25-22-16-20(2-3-21(22)24(28)30)27-10-8-26(9-11-27)7-5-18-1-4-23-19(15-18)6-14-31-23/h1-4,15-17,29H,5-14H2. The van der Waals surface area contributed by atoms with E-state index in [9.17, 15) is 4.79 Å². The van der Waals surface area contributed by atoms with Gasteiger partial charge in [0.05, 0.1) is 37.0 Å². The van der Waals surface area contributed by atoms with Gasteiger partial charge in [0.15, 0.2) is 0 Å². The zero-order valence-corrected chi connectivity index (χ0v) is 17.7. The number of ether oxygens (including phenoxy) is 1. The van der Waals surface area contributed by atoms with Crippen LogP contribution in [0.4, 0.5) is 5.69 Å². The van der Waals surface area contributed by atoms with E-state index in [4.69, 9.17) is 9.84 Å². The van der Waals surface area contributed by atoms with E-state index in [0.29, 0.717) is 10.9 Å². The lowest BCUT2D eigenvalue weighted by Gasteiger charge is -2.36. The average Bonchev–Trinajstić information content (AvgIpc) is 3.28. The number of aliphatic hydroxyl groups excluding tert-OH is 1. The van der Waals surface area contributed by atoms with Crippen LogP contribution in [0.3, 0.4) is 0 Å². The summed E-state index contributed by atoms with van der Waals surface area (Å²) >= 11 is 0. The first-order valence-corrected chi connectivity index (χ1v) is 11.0. The molecule has 162 valence electrons. The molecule has 0 radical (unpaired) electrons. The average molecular weight is 421 g/mol. The lowest BCUT2D eigenvalue weighted by Crippen LogP contribution is -2.47. The number of nitrogens with zero attached hydrogens (tertiary/aromatic N) is 4. The van der Waals surface area contributed by atoms with Crippen molar-refractivity contribution in [1.29, 1.82) is 0 Å². The maximum absolute atomic E-state index is 12.5. The number of benzene rings is 2. The van der Waals surface area contributed by atoms with E-state index in [2.05, 4.69) is 33.0 Å². The van der Waals surface area contributed by atoms with Gasteiger partial charge in [-0.2, -0.15) is 0 Å². The molecule has 1 saturated heterocycles. The van der Waals surface area contributed by atoms with Gasteiger partial charge in [-0.3, -0.25) is 14.3 Å². The monoisotopic (exact) mass is 420 g/mol. The largest absolute Gasteiger partial charge is 0.493 e. The summed E-state index contributed by atoms with van der Waals surface area (Å²) in [6.45, 7) is 6.05. The Hall–Kier alpha value is -2.90. The van der Waals surface area contributed by atoms with Gasteiger partial charge in [0.25, 0.3) is 5.56 Å². The van der Waals surface area contributed by atoms with Crippen molar-refractivity contribution in [3.8, 4) is 5.75 Å². The second-order valence-electron chi connectivity index (χ2n) is 8.29. The number of hydrogen-bond donors (Lipinski definition) is 1. The van der Waals surface area contributed by atoms with Crippen LogP contribution in [0.5, 0.6) is 5.75 Å². The van der Waals surface area contributed by atoms with Crippen LogP contribution in [-0.4, -0.2) is 65.5 Å². The summed E-state index contributed by atoms with van der Waals surface area (Å²) in [6.07, 6.45) is 3.61. The molecular weight excluding hydrogens is 392 g/mol. The van der Waals surface area contributed by atoms with Gasteiger partial charge >= 0.3 is 0 Å². The highest BCUT2D eigenvalue weighted by Gasteiger charge is 2.18. The van der Waals surface area contributed by atoms with Gasteiger partial charge < -0.3 is 14.7 Å². The van der Waals surface area contributed by atoms with Crippen molar-refractivity contribution in [2.24, 2.45) is 0 Å². The zero-order chi connectivity index (χ0) is 21.2. The first-order chi connectivity index (χ1) is 15.2. The van der Waals surface area contributed by atoms with Crippen LogP contribution in [0, 0.1) is 0 Å². The Morgan fingerprint density at radius 2 is 1.90 bits per heavy atom. The SMILES string of the molecule is O=c1c2ccc(N3CCN(CCc4ccc5c(c4)CCO5)CC3)cc2ncn1CCO. The van der Waals surface area contributed by atoms with Crippen molar-refractivity contribution in [3.05, 3.63) is 64.2 Å². The Morgan fingerprint density at radius 1 is 1.03 bits per heavy atom. The van der Waals surface area contributed by atoms with Gasteiger partial charge in [-0.25, -0.2) is 4.98 Å². The molecule has 0 saturated carbocycles. The summed E-state index contributed by atoms with van der Waals surface area (Å²) in [5, 5.41) is 9.68. The third-order valence-corrected chi connectivity index (χ3v) is 6.36. The second kappa shape index (κ2) is 8.69. The summed E-state index contributed by atoms with van der Waals surface area (Å²) < 4.78 is 7.06. The van der Waals surface area contributed by atoms with Gasteiger partial charge in [-0.15, -0.1) is 0 Å². The molecule has 3 heterocycles. The number of rotatable bonds is 6. The molecule has 2 aliphatic heterocycles. The molecule has 0 aliphatic carbocycles. The maximum Gasteiger partial charge on any atom is 0.261 e. The highest BCUT2D eigenvalue weighted by molar-refractivity contribution is 5.81. The van der Waals surface area contributed by atoms with E-state index in [1.54, 1.807) is 0 Å². The van der Waals surface area contributed by atoms with Crippen molar-refractivity contribution < 1.29 is 9.84 Å². The van der Waals surface area contributed by atoms with Gasteiger partial charge in [0.2, 0.25) is 0 Å². The number of piperazine rings is 1. The van der Waals surface area contributed by atoms with Gasteiger partial charge in [0.1, 0.15) is 5.75 Å². The molecule has 0 atom stereocenters. The first-order valence-electron chi connectivity index (χ1n) is 11.0. The molecule has 1 fully saturated rings. The quantitative estimate of drug-likeness (QED) is 0.655. The fraction of sp³-hybridized carbons (Fsp3) is 0.417. The highest BCUT2D eigenvalue weighted by Crippen LogP contribution is 2.26. The van der Waals surface area contributed by atoms with Crippen LogP contribution >= 0.6 is 0 Å². The van der Waals surface area contributed by atoms with Crippen molar-refractivity contribution in [2.75, 3.05) is 50.8 Å². The minimum Gasteiger partial charge on any atom is -0.493 e. The number of aliphatic hydroxyl groups is 1. The summed E-state index contributed by atoms with van der Waals surface area (Å²) in [7, 11) is 0. The molecule has 0 bridgehead atoms. The highest BCUT2D eigenvalue weighted by atomic mass is 16.5. The lowest BCUT2D eigenvalue weighted by molar-refractivity contribution is 0.261. The van der Waals surface area contributed by atoms with Gasteiger partial charge in [0, 0.05) is 44.8 Å². The Labute approximate surface area is 181 Å². The first kappa shape index (κ1) is 20.0. The minimum absolute atomic E-state index is 0.0731.